The van der Waals surface area contributed by atoms with E-state index in [1.807, 2.05) is 36.1 Å². The van der Waals surface area contributed by atoms with Crippen LogP contribution in [0.15, 0.2) is 24.3 Å². The van der Waals surface area contributed by atoms with Gasteiger partial charge >= 0.3 is 0 Å². The van der Waals surface area contributed by atoms with Gasteiger partial charge in [0.05, 0.1) is 6.61 Å². The Bertz CT molecular complexity index is 436. The molecule has 0 saturated carbocycles. The molecule has 3 nitrogen and oxygen atoms in total. The highest BCUT2D eigenvalue weighted by atomic mass is 35.5. The van der Waals surface area contributed by atoms with Crippen molar-refractivity contribution in [2.24, 2.45) is 5.92 Å². The molecule has 1 aromatic rings. The number of carbonyl (C=O) groups is 1. The van der Waals surface area contributed by atoms with Crippen LogP contribution in [-0.4, -0.2) is 36.4 Å². The summed E-state index contributed by atoms with van der Waals surface area (Å²) in [4.78, 5) is 13.4. The molecule has 2 rings (SSSR count). The van der Waals surface area contributed by atoms with E-state index >= 15 is 0 Å². The van der Waals surface area contributed by atoms with Gasteiger partial charge < -0.3 is 9.64 Å². The minimum Gasteiger partial charge on any atom is -0.493 e. The SMILES string of the molecule is Cc1cccc(OCC2CCCN(C(=O)CCl)C2)c1. The first-order chi connectivity index (χ1) is 9.19. The smallest absolute Gasteiger partial charge is 0.237 e. The largest absolute Gasteiger partial charge is 0.493 e. The van der Waals surface area contributed by atoms with Gasteiger partial charge in [-0.3, -0.25) is 4.79 Å². The zero-order valence-electron chi connectivity index (χ0n) is 11.3. The van der Waals surface area contributed by atoms with E-state index in [1.165, 1.54) is 5.56 Å². The van der Waals surface area contributed by atoms with Crippen LogP contribution in [0.4, 0.5) is 0 Å². The number of likely N-dealkylation sites (tertiary alicyclic amines) is 1. The van der Waals surface area contributed by atoms with Crippen LogP contribution < -0.4 is 4.74 Å². The number of hydrogen-bond donors (Lipinski definition) is 0. The van der Waals surface area contributed by atoms with Crippen LogP contribution in [0.5, 0.6) is 5.75 Å². The maximum atomic E-state index is 11.6. The summed E-state index contributed by atoms with van der Waals surface area (Å²) in [5, 5.41) is 0. The Morgan fingerprint density at radius 1 is 1.53 bits per heavy atom. The molecule has 1 unspecified atom stereocenters. The maximum absolute atomic E-state index is 11.6. The third-order valence-electron chi connectivity index (χ3n) is 3.46. The highest BCUT2D eigenvalue weighted by Gasteiger charge is 2.23. The summed E-state index contributed by atoms with van der Waals surface area (Å²) in [5.74, 6) is 1.41. The van der Waals surface area contributed by atoms with E-state index in [1.54, 1.807) is 0 Å². The number of nitrogens with zero attached hydrogens (tertiary/aromatic N) is 1. The van der Waals surface area contributed by atoms with Gasteiger partial charge in [-0.05, 0) is 37.5 Å². The number of carbonyl (C=O) groups excluding carboxylic acids is 1. The molecule has 0 radical (unpaired) electrons. The lowest BCUT2D eigenvalue weighted by Gasteiger charge is -2.32. The molecular weight excluding hydrogens is 262 g/mol. The Balaban J connectivity index is 1.84. The number of alkyl halides is 1. The number of ether oxygens (including phenoxy) is 1. The molecule has 19 heavy (non-hydrogen) atoms. The molecule has 1 aromatic carbocycles. The van der Waals surface area contributed by atoms with Crippen molar-refractivity contribution in [2.45, 2.75) is 19.8 Å². The third-order valence-corrected chi connectivity index (χ3v) is 3.69. The minimum absolute atomic E-state index is 0.0296. The first-order valence-electron chi connectivity index (χ1n) is 6.72. The topological polar surface area (TPSA) is 29.5 Å². The van der Waals surface area contributed by atoms with Gasteiger partial charge in [-0.2, -0.15) is 0 Å². The van der Waals surface area contributed by atoms with Gasteiger partial charge in [0.25, 0.3) is 0 Å². The summed E-state index contributed by atoms with van der Waals surface area (Å²) >= 11 is 5.60. The average Bonchev–Trinajstić information content (AvgIpc) is 2.45. The van der Waals surface area contributed by atoms with Crippen molar-refractivity contribution in [1.82, 2.24) is 4.90 Å². The molecule has 0 N–H and O–H groups in total. The molecule has 0 aromatic heterocycles. The Kier molecular flexibility index (Phi) is 5.08. The molecule has 104 valence electrons. The van der Waals surface area contributed by atoms with Crippen molar-refractivity contribution < 1.29 is 9.53 Å². The molecule has 1 saturated heterocycles. The molecule has 1 fully saturated rings. The molecule has 1 aliphatic rings. The zero-order valence-corrected chi connectivity index (χ0v) is 12.0. The summed E-state index contributed by atoms with van der Waals surface area (Å²) in [7, 11) is 0. The predicted octanol–water partition coefficient (Wildman–Crippen LogP) is 2.85. The van der Waals surface area contributed by atoms with E-state index in [9.17, 15) is 4.79 Å². The van der Waals surface area contributed by atoms with Gasteiger partial charge in [-0.1, -0.05) is 12.1 Å². The quantitative estimate of drug-likeness (QED) is 0.794. The lowest BCUT2D eigenvalue weighted by Crippen LogP contribution is -2.42. The lowest BCUT2D eigenvalue weighted by atomic mass is 9.99. The summed E-state index contributed by atoms with van der Waals surface area (Å²) < 4.78 is 5.82. The highest BCUT2D eigenvalue weighted by Crippen LogP contribution is 2.19. The van der Waals surface area contributed by atoms with Crippen LogP contribution in [-0.2, 0) is 4.79 Å². The van der Waals surface area contributed by atoms with Gasteiger partial charge in [0.2, 0.25) is 5.91 Å². The molecule has 4 heteroatoms. The fraction of sp³-hybridized carbons (Fsp3) is 0.533. The van der Waals surface area contributed by atoms with Gasteiger partial charge in [-0.15, -0.1) is 11.6 Å². The molecular formula is C15H20ClNO2. The van der Waals surface area contributed by atoms with Crippen LogP contribution in [0, 0.1) is 12.8 Å². The van der Waals surface area contributed by atoms with E-state index in [2.05, 4.69) is 0 Å². The lowest BCUT2D eigenvalue weighted by molar-refractivity contribution is -0.130. The van der Waals surface area contributed by atoms with Gasteiger partial charge in [0.1, 0.15) is 11.6 Å². The second-order valence-corrected chi connectivity index (χ2v) is 5.38. The van der Waals surface area contributed by atoms with E-state index < -0.39 is 0 Å². The number of amides is 1. The summed E-state index contributed by atoms with van der Waals surface area (Å²) in [6.45, 7) is 4.30. The van der Waals surface area contributed by atoms with E-state index in [-0.39, 0.29) is 11.8 Å². The number of aryl methyl sites for hydroxylation is 1. The number of halogens is 1. The van der Waals surface area contributed by atoms with Crippen molar-refractivity contribution in [3.8, 4) is 5.75 Å². The number of rotatable bonds is 4. The standard InChI is InChI=1S/C15H20ClNO2/c1-12-4-2-6-14(8-12)19-11-13-5-3-7-17(10-13)15(18)9-16/h2,4,6,8,13H,3,5,7,9-11H2,1H3. The molecule has 1 amide bonds. The Morgan fingerprint density at radius 3 is 3.11 bits per heavy atom. The summed E-state index contributed by atoms with van der Waals surface area (Å²) in [6.07, 6.45) is 2.14. The van der Waals surface area contributed by atoms with Crippen molar-refractivity contribution >= 4 is 17.5 Å². The third kappa shape index (κ3) is 4.13. The van der Waals surface area contributed by atoms with Crippen LogP contribution in [0.25, 0.3) is 0 Å². The molecule has 0 spiro atoms. The zero-order chi connectivity index (χ0) is 13.7. The monoisotopic (exact) mass is 281 g/mol. The molecule has 0 aliphatic carbocycles. The average molecular weight is 282 g/mol. The van der Waals surface area contributed by atoms with Crippen LogP contribution in [0.1, 0.15) is 18.4 Å². The second-order valence-electron chi connectivity index (χ2n) is 5.11. The fourth-order valence-corrected chi connectivity index (χ4v) is 2.60. The van der Waals surface area contributed by atoms with Crippen LogP contribution in [0.3, 0.4) is 0 Å². The van der Waals surface area contributed by atoms with E-state index in [4.69, 9.17) is 16.3 Å². The van der Waals surface area contributed by atoms with Gasteiger partial charge in [0.15, 0.2) is 0 Å². The molecule has 1 atom stereocenters. The van der Waals surface area contributed by atoms with E-state index in [0.717, 1.165) is 31.7 Å². The summed E-state index contributed by atoms with van der Waals surface area (Å²) in [6, 6.07) is 8.05. The van der Waals surface area contributed by atoms with Crippen LogP contribution >= 0.6 is 11.6 Å². The number of piperidine rings is 1. The maximum Gasteiger partial charge on any atom is 0.237 e. The Labute approximate surface area is 119 Å². The van der Waals surface area contributed by atoms with Gasteiger partial charge in [0, 0.05) is 19.0 Å². The highest BCUT2D eigenvalue weighted by molar-refractivity contribution is 6.27. The number of benzene rings is 1. The van der Waals surface area contributed by atoms with E-state index in [0.29, 0.717) is 12.5 Å². The van der Waals surface area contributed by atoms with Crippen molar-refractivity contribution in [3.63, 3.8) is 0 Å². The van der Waals surface area contributed by atoms with Crippen molar-refractivity contribution in [1.29, 1.82) is 0 Å². The molecule has 1 aliphatic heterocycles. The molecule has 0 bridgehead atoms. The molecule has 1 heterocycles. The van der Waals surface area contributed by atoms with Crippen LogP contribution in [0.2, 0.25) is 0 Å². The first-order valence-corrected chi connectivity index (χ1v) is 7.25. The Hall–Kier alpha value is -1.22. The first kappa shape index (κ1) is 14.2. The predicted molar refractivity (Wildman–Crippen MR) is 76.7 cm³/mol. The van der Waals surface area contributed by atoms with Gasteiger partial charge in [-0.25, -0.2) is 0 Å². The van der Waals surface area contributed by atoms with Crippen molar-refractivity contribution in [3.05, 3.63) is 29.8 Å². The minimum atomic E-state index is 0.0296. The normalized spacial score (nSPS) is 19.3. The fourth-order valence-electron chi connectivity index (χ4n) is 2.43. The summed E-state index contributed by atoms with van der Waals surface area (Å²) in [5.41, 5.74) is 1.19. The second kappa shape index (κ2) is 6.80. The Morgan fingerprint density at radius 2 is 2.37 bits per heavy atom. The van der Waals surface area contributed by atoms with Crippen molar-refractivity contribution in [2.75, 3.05) is 25.6 Å². The number of hydrogen-bond acceptors (Lipinski definition) is 2.